The van der Waals surface area contributed by atoms with Crippen molar-refractivity contribution in [3.63, 3.8) is 0 Å². The van der Waals surface area contributed by atoms with Crippen molar-refractivity contribution in [1.29, 1.82) is 0 Å². The van der Waals surface area contributed by atoms with E-state index >= 15 is 0 Å². The van der Waals surface area contributed by atoms with E-state index in [0.717, 1.165) is 105 Å². The second-order valence-corrected chi connectivity index (χ2v) is 27.2. The van der Waals surface area contributed by atoms with Gasteiger partial charge >= 0.3 is 0 Å². The smallest absolute Gasteiger partial charge is 0.138 e. The average Bonchev–Trinajstić information content (AvgIpc) is 1.63. The van der Waals surface area contributed by atoms with Crippen molar-refractivity contribution in [2.45, 2.75) is 19.3 Å². The van der Waals surface area contributed by atoms with Crippen LogP contribution in [0.5, 0.6) is 0 Å². The first-order valence-electron chi connectivity index (χ1n) is 34.0. The molecule has 0 saturated carbocycles. The van der Waals surface area contributed by atoms with Crippen LogP contribution in [0.4, 0.5) is 0 Å². The van der Waals surface area contributed by atoms with Gasteiger partial charge in [0, 0.05) is 60.9 Å². The van der Waals surface area contributed by atoms with Crippen molar-refractivity contribution < 1.29 is 8.83 Å². The predicted molar refractivity (Wildman–Crippen MR) is 412 cm³/mol. The van der Waals surface area contributed by atoms with Crippen LogP contribution in [0.2, 0.25) is 0 Å². The number of benzene rings is 15. The van der Waals surface area contributed by atoms with E-state index in [0.29, 0.717) is 0 Å². The van der Waals surface area contributed by atoms with E-state index in [1.165, 1.54) is 104 Å². The lowest BCUT2D eigenvalue weighted by Crippen LogP contribution is -2.14. The largest absolute Gasteiger partial charge is 0.456 e. The Morgan fingerprint density at radius 3 is 1.23 bits per heavy atom. The molecule has 0 bridgehead atoms. The SMILES string of the molecule is CC1(C)c2ccccc2-c2ccc(-c3ccc4c(c3)c3ccccc3c3nc5cc(-c6ccc7oc8ccccc8c7c6)ccn5c43)cc21.c1ccc2c(-c3ccc(-c4ccc5c(c4)c4ccccc4c4nc6cc(-c7ccc8oc9ccccc9c8c7)ccn6c54)cc3)cccc2c1. The zero-order chi connectivity index (χ0) is 65.2. The van der Waals surface area contributed by atoms with Crippen LogP contribution in [-0.4, -0.2) is 18.8 Å². The average molecular weight is 1260 g/mol. The van der Waals surface area contributed by atoms with Gasteiger partial charge in [0.15, 0.2) is 0 Å². The van der Waals surface area contributed by atoms with Gasteiger partial charge in [-0.3, -0.25) is 8.80 Å². The zero-order valence-electron chi connectivity index (χ0n) is 54.1. The number of imidazole rings is 2. The molecule has 0 spiro atoms. The van der Waals surface area contributed by atoms with Gasteiger partial charge in [-0.05, 0) is 189 Å². The van der Waals surface area contributed by atoms with Crippen molar-refractivity contribution >= 4 is 131 Å². The van der Waals surface area contributed by atoms with Crippen molar-refractivity contribution in [2.75, 3.05) is 0 Å². The summed E-state index contributed by atoms with van der Waals surface area (Å²) in [5, 5.41) is 16.7. The highest BCUT2D eigenvalue weighted by atomic mass is 16.3. The summed E-state index contributed by atoms with van der Waals surface area (Å²) in [6.45, 7) is 4.69. The topological polar surface area (TPSA) is 60.9 Å². The summed E-state index contributed by atoms with van der Waals surface area (Å²) in [6, 6.07) is 109. The quantitative estimate of drug-likeness (QED) is 0.161. The van der Waals surface area contributed by atoms with Crippen molar-refractivity contribution in [3.05, 3.63) is 327 Å². The van der Waals surface area contributed by atoms with Crippen LogP contribution < -0.4 is 0 Å². The Bertz CT molecular complexity index is 7010. The molecule has 22 rings (SSSR count). The number of hydrogen-bond donors (Lipinski definition) is 0. The predicted octanol–water partition coefficient (Wildman–Crippen LogP) is 25.2. The lowest BCUT2D eigenvalue weighted by Gasteiger charge is -2.22. The molecule has 0 saturated heterocycles. The van der Waals surface area contributed by atoms with Crippen LogP contribution in [0.15, 0.2) is 325 Å². The number of hydrogen-bond acceptors (Lipinski definition) is 4. The summed E-state index contributed by atoms with van der Waals surface area (Å²) in [6.07, 6.45) is 4.35. The minimum Gasteiger partial charge on any atom is -0.456 e. The van der Waals surface area contributed by atoms with E-state index in [1.54, 1.807) is 0 Å². The third kappa shape index (κ3) is 8.43. The van der Waals surface area contributed by atoms with E-state index in [4.69, 9.17) is 18.8 Å². The van der Waals surface area contributed by atoms with Gasteiger partial charge < -0.3 is 8.83 Å². The van der Waals surface area contributed by atoms with Gasteiger partial charge in [0.05, 0.1) is 22.1 Å². The molecule has 6 aromatic heterocycles. The molecule has 1 aliphatic rings. The third-order valence-corrected chi connectivity index (χ3v) is 21.4. The Balaban J connectivity index is 0.000000130. The van der Waals surface area contributed by atoms with Crippen LogP contribution >= 0.6 is 0 Å². The molecular weight excluding hydrogens is 1210 g/mol. The lowest BCUT2D eigenvalue weighted by molar-refractivity contribution is 0.660. The van der Waals surface area contributed by atoms with Gasteiger partial charge in [-0.1, -0.05) is 238 Å². The van der Waals surface area contributed by atoms with Crippen molar-refractivity contribution in [2.24, 2.45) is 0 Å². The Morgan fingerprint density at radius 1 is 0.253 bits per heavy atom. The first-order chi connectivity index (χ1) is 48.8. The number of aromatic nitrogens is 4. The van der Waals surface area contributed by atoms with Crippen LogP contribution in [0.1, 0.15) is 25.0 Å². The summed E-state index contributed by atoms with van der Waals surface area (Å²) >= 11 is 0. The highest BCUT2D eigenvalue weighted by Crippen LogP contribution is 2.50. The van der Waals surface area contributed by atoms with Gasteiger partial charge in [0.25, 0.3) is 0 Å². The zero-order valence-corrected chi connectivity index (χ0v) is 54.1. The number of nitrogens with zero attached hydrogens (tertiary/aromatic N) is 4. The van der Waals surface area contributed by atoms with E-state index < -0.39 is 0 Å². The summed E-state index contributed by atoms with van der Waals surface area (Å²) < 4.78 is 16.7. The summed E-state index contributed by atoms with van der Waals surface area (Å²) in [5.74, 6) is 0. The number of pyridine rings is 2. The summed E-state index contributed by atoms with van der Waals surface area (Å²) in [4.78, 5) is 10.5. The fourth-order valence-electron chi connectivity index (χ4n) is 16.5. The first-order valence-corrected chi connectivity index (χ1v) is 34.0. The molecule has 0 N–H and O–H groups in total. The van der Waals surface area contributed by atoms with Gasteiger partial charge in [-0.2, -0.15) is 0 Å². The molecule has 6 heteroatoms. The normalized spacial score (nSPS) is 12.8. The molecule has 462 valence electrons. The van der Waals surface area contributed by atoms with Crippen molar-refractivity contribution in [3.8, 4) is 66.8 Å². The maximum atomic E-state index is 6.10. The fourth-order valence-corrected chi connectivity index (χ4v) is 16.5. The van der Waals surface area contributed by atoms with Gasteiger partial charge in [-0.25, -0.2) is 9.97 Å². The number of para-hydroxylation sites is 2. The van der Waals surface area contributed by atoms with Gasteiger partial charge in [0.1, 0.15) is 33.6 Å². The molecule has 6 nitrogen and oxygen atoms in total. The minimum absolute atomic E-state index is 0.0366. The molecule has 0 unspecified atom stereocenters. The lowest BCUT2D eigenvalue weighted by atomic mass is 9.81. The molecule has 1 aliphatic carbocycles. The van der Waals surface area contributed by atoms with Gasteiger partial charge in [-0.15, -0.1) is 0 Å². The van der Waals surface area contributed by atoms with Crippen LogP contribution in [-0.2, 0) is 5.41 Å². The molecule has 15 aromatic carbocycles. The molecule has 0 radical (unpaired) electrons. The maximum absolute atomic E-state index is 6.10. The number of fused-ring (bicyclic) bond motifs is 26. The second kappa shape index (κ2) is 21.0. The Kier molecular flexibility index (Phi) is 11.8. The Morgan fingerprint density at radius 2 is 0.646 bits per heavy atom. The third-order valence-electron chi connectivity index (χ3n) is 21.4. The molecule has 0 aliphatic heterocycles. The minimum atomic E-state index is -0.0366. The molecule has 0 atom stereocenters. The molecule has 6 heterocycles. The Labute approximate surface area is 568 Å². The first kappa shape index (κ1) is 55.4. The van der Waals surface area contributed by atoms with E-state index in [-0.39, 0.29) is 5.41 Å². The molecular formula is C93H58N4O2. The molecule has 99 heavy (non-hydrogen) atoms. The second-order valence-electron chi connectivity index (χ2n) is 27.2. The molecule has 0 amide bonds. The fraction of sp³-hybridized carbons (Fsp3) is 0.0323. The van der Waals surface area contributed by atoms with Crippen LogP contribution in [0, 0.1) is 0 Å². The standard InChI is InChI=1S/C47H28N2O.C46H30N2O/c1-2-10-35-30(8-1)9-7-14-36(35)31-18-16-29(17-19-31)32-20-22-40-41(26-32)37-11-3-4-13-39(37)46-47(40)49-25-24-34(28-45(49)48-46)33-21-23-44-42(27-33)38-12-5-6-15-43(38)50-44;1-46(2)39-13-7-5-10-32(39)33-18-15-29(25-40(33)46)27-16-19-36-37(23-27)31-9-3-4-12-35(31)44-45(36)48-22-21-30(26-43(48)47-44)28-17-20-42-38(24-28)34-11-6-8-14-41(34)49-42/h1-28H;3-26H,1-2H3. The summed E-state index contributed by atoms with van der Waals surface area (Å²) in [7, 11) is 0. The van der Waals surface area contributed by atoms with Gasteiger partial charge in [0.2, 0.25) is 0 Å². The monoisotopic (exact) mass is 1260 g/mol. The van der Waals surface area contributed by atoms with E-state index in [1.807, 2.05) is 24.3 Å². The number of rotatable bonds is 5. The molecule has 21 aromatic rings. The van der Waals surface area contributed by atoms with E-state index in [9.17, 15) is 0 Å². The number of furan rings is 2. The highest BCUT2D eigenvalue weighted by Gasteiger charge is 2.35. The van der Waals surface area contributed by atoms with Crippen LogP contribution in [0.3, 0.4) is 0 Å². The molecule has 0 fully saturated rings. The van der Waals surface area contributed by atoms with Crippen LogP contribution in [0.25, 0.3) is 198 Å². The summed E-state index contributed by atoms with van der Waals surface area (Å²) in [5.41, 5.74) is 27.2. The highest BCUT2D eigenvalue weighted by molar-refractivity contribution is 6.26. The van der Waals surface area contributed by atoms with Crippen molar-refractivity contribution in [1.82, 2.24) is 18.8 Å². The maximum Gasteiger partial charge on any atom is 0.138 e. The Hall–Kier alpha value is -12.9. The van der Waals surface area contributed by atoms with E-state index in [2.05, 4.69) is 314 Å².